The third-order valence-electron chi connectivity index (χ3n) is 3.47. The molecule has 0 radical (unpaired) electrons. The van der Waals surface area contributed by atoms with Gasteiger partial charge in [0.15, 0.2) is 0 Å². The van der Waals surface area contributed by atoms with Crippen molar-refractivity contribution >= 4 is 15.9 Å². The van der Waals surface area contributed by atoms with Gasteiger partial charge in [-0.3, -0.25) is 4.79 Å². The van der Waals surface area contributed by atoms with Crippen molar-refractivity contribution in [3.63, 3.8) is 0 Å². The number of rotatable bonds is 5. The molecule has 0 aliphatic carbocycles. The summed E-state index contributed by atoms with van der Waals surface area (Å²) in [6.45, 7) is 7.44. The molecule has 1 fully saturated rings. The van der Waals surface area contributed by atoms with Gasteiger partial charge in [0.2, 0.25) is 15.9 Å². The van der Waals surface area contributed by atoms with Gasteiger partial charge in [-0.1, -0.05) is 6.92 Å². The van der Waals surface area contributed by atoms with Crippen LogP contribution in [0.1, 0.15) is 27.2 Å². The van der Waals surface area contributed by atoms with Crippen molar-refractivity contribution in [2.75, 3.05) is 38.5 Å². The lowest BCUT2D eigenvalue weighted by Crippen LogP contribution is -2.54. The molecule has 0 atom stereocenters. The van der Waals surface area contributed by atoms with E-state index in [-0.39, 0.29) is 11.7 Å². The molecule has 1 saturated heterocycles. The number of hydrogen-bond donors (Lipinski definition) is 1. The van der Waals surface area contributed by atoms with Gasteiger partial charge in [0.25, 0.3) is 0 Å². The first-order valence-electron chi connectivity index (χ1n) is 6.72. The standard InChI is InChI=1S/C12H25N3O3S/c1-4-9-19(17,18)15-7-5-14(6-8-15)11(16)12(2,3)10-13/h4-10,13H2,1-3H3. The van der Waals surface area contributed by atoms with E-state index < -0.39 is 15.4 Å². The number of hydrogen-bond acceptors (Lipinski definition) is 4. The van der Waals surface area contributed by atoms with E-state index in [9.17, 15) is 13.2 Å². The minimum absolute atomic E-state index is 0.00235. The average Bonchev–Trinajstić information content (AvgIpc) is 2.38. The van der Waals surface area contributed by atoms with Crippen LogP contribution in [-0.4, -0.2) is 62.0 Å². The third-order valence-corrected chi connectivity index (χ3v) is 5.55. The van der Waals surface area contributed by atoms with Crippen LogP contribution in [0.4, 0.5) is 0 Å². The van der Waals surface area contributed by atoms with E-state index >= 15 is 0 Å². The molecule has 112 valence electrons. The smallest absolute Gasteiger partial charge is 0.229 e. The zero-order valence-corrected chi connectivity index (χ0v) is 12.9. The van der Waals surface area contributed by atoms with Crippen molar-refractivity contribution in [1.29, 1.82) is 0 Å². The molecule has 1 amide bonds. The first kappa shape index (κ1) is 16.4. The molecule has 7 heteroatoms. The Balaban J connectivity index is 2.61. The van der Waals surface area contributed by atoms with Crippen molar-refractivity contribution in [2.45, 2.75) is 27.2 Å². The van der Waals surface area contributed by atoms with E-state index in [1.165, 1.54) is 4.31 Å². The Hall–Kier alpha value is -0.660. The van der Waals surface area contributed by atoms with Crippen molar-refractivity contribution in [2.24, 2.45) is 11.1 Å². The second-order valence-corrected chi connectivity index (χ2v) is 7.68. The lowest BCUT2D eigenvalue weighted by molar-refractivity contribution is -0.141. The number of carbonyl (C=O) groups is 1. The lowest BCUT2D eigenvalue weighted by atomic mass is 9.91. The van der Waals surface area contributed by atoms with E-state index in [2.05, 4.69) is 0 Å². The molecule has 0 bridgehead atoms. The van der Waals surface area contributed by atoms with Crippen molar-refractivity contribution in [3.8, 4) is 0 Å². The van der Waals surface area contributed by atoms with E-state index in [1.807, 2.05) is 20.8 Å². The van der Waals surface area contributed by atoms with Crippen molar-refractivity contribution in [3.05, 3.63) is 0 Å². The molecule has 0 saturated carbocycles. The number of sulfonamides is 1. The van der Waals surface area contributed by atoms with Crippen LogP contribution >= 0.6 is 0 Å². The van der Waals surface area contributed by atoms with Crippen LogP contribution in [0.3, 0.4) is 0 Å². The number of piperazine rings is 1. The molecular formula is C12H25N3O3S. The van der Waals surface area contributed by atoms with E-state index in [4.69, 9.17) is 5.73 Å². The lowest BCUT2D eigenvalue weighted by Gasteiger charge is -2.37. The molecule has 0 aromatic rings. The SMILES string of the molecule is CCCS(=O)(=O)N1CCN(C(=O)C(C)(C)CN)CC1. The molecule has 19 heavy (non-hydrogen) atoms. The Kier molecular flexibility index (Phi) is 5.34. The zero-order valence-electron chi connectivity index (χ0n) is 12.1. The van der Waals surface area contributed by atoms with Gasteiger partial charge < -0.3 is 10.6 Å². The zero-order chi connectivity index (χ0) is 14.7. The summed E-state index contributed by atoms with van der Waals surface area (Å²) >= 11 is 0. The van der Waals surface area contributed by atoms with Gasteiger partial charge in [-0.05, 0) is 20.3 Å². The Morgan fingerprint density at radius 3 is 2.16 bits per heavy atom. The summed E-state index contributed by atoms with van der Waals surface area (Å²) < 4.78 is 25.3. The van der Waals surface area contributed by atoms with Crippen molar-refractivity contribution in [1.82, 2.24) is 9.21 Å². The monoisotopic (exact) mass is 291 g/mol. The molecule has 0 spiro atoms. The van der Waals surface area contributed by atoms with E-state index in [0.717, 1.165) is 0 Å². The van der Waals surface area contributed by atoms with E-state index in [1.54, 1.807) is 4.90 Å². The Morgan fingerprint density at radius 1 is 1.21 bits per heavy atom. The molecule has 0 aromatic carbocycles. The Bertz CT molecular complexity index is 412. The maximum atomic E-state index is 12.2. The number of nitrogens with zero attached hydrogens (tertiary/aromatic N) is 2. The molecule has 0 aromatic heterocycles. The van der Waals surface area contributed by atoms with Gasteiger partial charge in [0.05, 0.1) is 11.2 Å². The van der Waals surface area contributed by atoms with Crippen LogP contribution < -0.4 is 5.73 Å². The maximum Gasteiger partial charge on any atom is 0.229 e. The third kappa shape index (κ3) is 3.90. The predicted octanol–water partition coefficient (Wildman–Crippen LogP) is -0.145. The van der Waals surface area contributed by atoms with Crippen molar-refractivity contribution < 1.29 is 13.2 Å². The summed E-state index contributed by atoms with van der Waals surface area (Å²) in [6.07, 6.45) is 0.613. The molecule has 1 aliphatic heterocycles. The minimum Gasteiger partial charge on any atom is -0.340 e. The molecular weight excluding hydrogens is 266 g/mol. The molecule has 1 aliphatic rings. The summed E-state index contributed by atoms with van der Waals surface area (Å²) in [5, 5.41) is 0. The van der Waals surface area contributed by atoms with Gasteiger partial charge in [0.1, 0.15) is 0 Å². The summed E-state index contributed by atoms with van der Waals surface area (Å²) in [6, 6.07) is 0. The van der Waals surface area contributed by atoms with Gasteiger partial charge in [-0.2, -0.15) is 4.31 Å². The summed E-state index contributed by atoms with van der Waals surface area (Å²) in [4.78, 5) is 13.9. The minimum atomic E-state index is -3.15. The van der Waals surface area contributed by atoms with Crippen LogP contribution in [0.5, 0.6) is 0 Å². The fraction of sp³-hybridized carbons (Fsp3) is 0.917. The highest BCUT2D eigenvalue weighted by Crippen LogP contribution is 2.19. The summed E-state index contributed by atoms with van der Waals surface area (Å²) in [5.74, 6) is 0.178. The fourth-order valence-electron chi connectivity index (χ4n) is 2.07. The number of carbonyl (C=O) groups excluding carboxylic acids is 1. The normalized spacial score (nSPS) is 18.6. The highest BCUT2D eigenvalue weighted by molar-refractivity contribution is 7.89. The van der Waals surface area contributed by atoms with Crippen LogP contribution in [0.15, 0.2) is 0 Å². The highest BCUT2D eigenvalue weighted by atomic mass is 32.2. The average molecular weight is 291 g/mol. The van der Waals surface area contributed by atoms with Gasteiger partial charge >= 0.3 is 0 Å². The largest absolute Gasteiger partial charge is 0.340 e. The quantitative estimate of drug-likeness (QED) is 0.764. The Morgan fingerprint density at radius 2 is 1.74 bits per heavy atom. The predicted molar refractivity (Wildman–Crippen MR) is 75.1 cm³/mol. The second-order valence-electron chi connectivity index (χ2n) is 5.60. The fourth-order valence-corrected chi connectivity index (χ4v) is 3.57. The Labute approximate surface area is 116 Å². The topological polar surface area (TPSA) is 83.7 Å². The van der Waals surface area contributed by atoms with Crippen LogP contribution in [0.25, 0.3) is 0 Å². The number of nitrogens with two attached hydrogens (primary N) is 1. The molecule has 1 heterocycles. The first-order chi connectivity index (χ1) is 8.74. The summed E-state index contributed by atoms with van der Waals surface area (Å²) in [5.41, 5.74) is 5.02. The van der Waals surface area contributed by atoms with Crippen LogP contribution in [-0.2, 0) is 14.8 Å². The maximum absolute atomic E-state index is 12.2. The van der Waals surface area contributed by atoms with Crippen LogP contribution in [0.2, 0.25) is 0 Å². The van der Waals surface area contributed by atoms with Gasteiger partial charge in [0, 0.05) is 32.7 Å². The molecule has 2 N–H and O–H groups in total. The van der Waals surface area contributed by atoms with Gasteiger partial charge in [-0.15, -0.1) is 0 Å². The highest BCUT2D eigenvalue weighted by Gasteiger charge is 2.34. The van der Waals surface area contributed by atoms with Crippen LogP contribution in [0, 0.1) is 5.41 Å². The molecule has 0 unspecified atom stereocenters. The number of amides is 1. The molecule has 6 nitrogen and oxygen atoms in total. The van der Waals surface area contributed by atoms with Gasteiger partial charge in [-0.25, -0.2) is 8.42 Å². The molecule has 1 rings (SSSR count). The second kappa shape index (κ2) is 6.19. The van der Waals surface area contributed by atoms with E-state index in [0.29, 0.717) is 39.1 Å². The first-order valence-corrected chi connectivity index (χ1v) is 8.33. The summed E-state index contributed by atoms with van der Waals surface area (Å²) in [7, 11) is -3.15.